The fourth-order valence-corrected chi connectivity index (χ4v) is 3.33. The van der Waals surface area contributed by atoms with Gasteiger partial charge in [-0.1, -0.05) is 0 Å². The first-order valence-corrected chi connectivity index (χ1v) is 8.69. The van der Waals surface area contributed by atoms with Gasteiger partial charge in [0.25, 0.3) is 5.69 Å². The van der Waals surface area contributed by atoms with E-state index in [1.54, 1.807) is 12.1 Å². The van der Waals surface area contributed by atoms with Gasteiger partial charge in [-0.25, -0.2) is 4.79 Å². The predicted octanol–water partition coefficient (Wildman–Crippen LogP) is 3.82. The second-order valence-corrected chi connectivity index (χ2v) is 7.23. The Morgan fingerprint density at radius 2 is 1.84 bits per heavy atom. The van der Waals surface area contributed by atoms with Crippen LogP contribution >= 0.6 is 0 Å². The van der Waals surface area contributed by atoms with Crippen molar-refractivity contribution in [1.82, 2.24) is 4.90 Å². The lowest BCUT2D eigenvalue weighted by atomic mass is 9.96. The number of rotatable bonds is 4. The molecule has 0 aromatic heterocycles. The van der Waals surface area contributed by atoms with Crippen molar-refractivity contribution in [3.63, 3.8) is 0 Å². The Morgan fingerprint density at radius 1 is 1.28 bits per heavy atom. The molecule has 0 saturated carbocycles. The van der Waals surface area contributed by atoms with Gasteiger partial charge in [-0.15, -0.1) is 0 Å². The molecule has 25 heavy (non-hydrogen) atoms. The third kappa shape index (κ3) is 4.61. The summed E-state index contributed by atoms with van der Waals surface area (Å²) < 4.78 is 5.24. The highest BCUT2D eigenvalue weighted by Gasteiger charge is 2.36. The van der Waals surface area contributed by atoms with Gasteiger partial charge in [0.2, 0.25) is 0 Å². The summed E-state index contributed by atoms with van der Waals surface area (Å²) in [6.07, 6.45) is 1.42. The van der Waals surface area contributed by atoms with Gasteiger partial charge in [0.05, 0.1) is 11.5 Å². The number of non-ortho nitro benzene ring substituents is 1. The van der Waals surface area contributed by atoms with Crippen LogP contribution in [0.2, 0.25) is 0 Å². The van der Waals surface area contributed by atoms with Crippen molar-refractivity contribution in [3.8, 4) is 0 Å². The zero-order chi connectivity index (χ0) is 18.6. The summed E-state index contributed by atoms with van der Waals surface area (Å²) in [4.78, 5) is 26.8. The number of hydrogen-bond acceptors (Lipinski definition) is 5. The molecular formula is C18H27N3O4. The molecule has 1 aliphatic heterocycles. The number of piperidine rings is 1. The molecule has 1 saturated heterocycles. The van der Waals surface area contributed by atoms with Crippen LogP contribution in [0.1, 0.15) is 40.5 Å². The van der Waals surface area contributed by atoms with Crippen LogP contribution in [0.5, 0.6) is 0 Å². The van der Waals surface area contributed by atoms with E-state index in [1.807, 2.05) is 32.6 Å². The van der Waals surface area contributed by atoms with Crippen LogP contribution in [0.25, 0.3) is 0 Å². The quantitative estimate of drug-likeness (QED) is 0.610. The molecular weight excluding hydrogens is 322 g/mol. The van der Waals surface area contributed by atoms with Crippen LogP contribution in [0.4, 0.5) is 16.2 Å². The van der Waals surface area contributed by atoms with Crippen LogP contribution in [0.3, 0.4) is 0 Å². The second kappa shape index (κ2) is 7.72. The molecule has 1 amide bonds. The number of benzene rings is 1. The van der Waals surface area contributed by atoms with E-state index in [0.717, 1.165) is 31.6 Å². The fraction of sp³-hybridized carbons (Fsp3) is 0.611. The number of carbonyl (C=O) groups is 1. The fourth-order valence-electron chi connectivity index (χ4n) is 3.33. The van der Waals surface area contributed by atoms with Crippen LogP contribution in [-0.2, 0) is 4.74 Å². The second-order valence-electron chi connectivity index (χ2n) is 7.23. The molecule has 1 aromatic carbocycles. The Labute approximate surface area is 148 Å². The number of nitrogens with zero attached hydrogens (tertiary/aromatic N) is 3. The van der Waals surface area contributed by atoms with Crippen molar-refractivity contribution in [2.24, 2.45) is 0 Å². The Bertz CT molecular complexity index is 602. The average molecular weight is 349 g/mol. The third-order valence-electron chi connectivity index (χ3n) is 4.44. The first-order chi connectivity index (χ1) is 11.7. The van der Waals surface area contributed by atoms with Crippen LogP contribution < -0.4 is 4.90 Å². The van der Waals surface area contributed by atoms with E-state index >= 15 is 0 Å². The molecule has 1 heterocycles. The summed E-state index contributed by atoms with van der Waals surface area (Å²) in [5, 5.41) is 10.8. The van der Waals surface area contributed by atoms with Crippen molar-refractivity contribution in [2.75, 3.05) is 24.6 Å². The van der Waals surface area contributed by atoms with Gasteiger partial charge >= 0.3 is 6.09 Å². The Kier molecular flexibility index (Phi) is 5.87. The van der Waals surface area contributed by atoms with Crippen molar-refractivity contribution in [1.29, 1.82) is 0 Å². The molecule has 1 fully saturated rings. The normalized spacial score (nSPS) is 15.8. The SMILES string of the molecule is CCOC(=O)N(C1CCN(c2ccc([N+](=O)[O-])cc2)CC1)C(C)(C)C. The number of amides is 1. The van der Waals surface area contributed by atoms with E-state index in [0.29, 0.717) is 6.61 Å². The lowest BCUT2D eigenvalue weighted by Crippen LogP contribution is -2.55. The number of nitro benzene ring substituents is 1. The van der Waals surface area contributed by atoms with E-state index < -0.39 is 4.92 Å². The van der Waals surface area contributed by atoms with Crippen molar-refractivity contribution in [3.05, 3.63) is 34.4 Å². The van der Waals surface area contributed by atoms with Crippen LogP contribution in [0.15, 0.2) is 24.3 Å². The molecule has 1 aliphatic rings. The number of anilines is 1. The molecule has 0 atom stereocenters. The first-order valence-electron chi connectivity index (χ1n) is 8.69. The minimum absolute atomic E-state index is 0.0971. The van der Waals surface area contributed by atoms with E-state index in [1.165, 1.54) is 12.1 Å². The highest BCUT2D eigenvalue weighted by atomic mass is 16.6. The molecule has 7 heteroatoms. The van der Waals surface area contributed by atoms with E-state index in [9.17, 15) is 14.9 Å². The maximum Gasteiger partial charge on any atom is 0.410 e. The minimum Gasteiger partial charge on any atom is -0.450 e. The van der Waals surface area contributed by atoms with Gasteiger partial charge in [-0.2, -0.15) is 0 Å². The smallest absolute Gasteiger partial charge is 0.410 e. The van der Waals surface area contributed by atoms with Gasteiger partial charge in [0.15, 0.2) is 0 Å². The molecule has 1 aromatic rings. The summed E-state index contributed by atoms with van der Waals surface area (Å²) in [5.41, 5.74) is 0.772. The molecule has 7 nitrogen and oxygen atoms in total. The zero-order valence-electron chi connectivity index (χ0n) is 15.4. The Morgan fingerprint density at radius 3 is 2.28 bits per heavy atom. The largest absolute Gasteiger partial charge is 0.450 e. The Hall–Kier alpha value is -2.31. The molecule has 0 spiro atoms. The number of ether oxygens (including phenoxy) is 1. The summed E-state index contributed by atoms with van der Waals surface area (Å²) in [5.74, 6) is 0. The lowest BCUT2D eigenvalue weighted by molar-refractivity contribution is -0.384. The molecule has 0 bridgehead atoms. The molecule has 0 aliphatic carbocycles. The van der Waals surface area contributed by atoms with Gasteiger partial charge in [-0.3, -0.25) is 10.1 Å². The molecule has 138 valence electrons. The lowest BCUT2D eigenvalue weighted by Gasteiger charge is -2.44. The molecule has 0 N–H and O–H groups in total. The molecule has 0 radical (unpaired) electrons. The third-order valence-corrected chi connectivity index (χ3v) is 4.44. The van der Waals surface area contributed by atoms with Gasteiger partial charge < -0.3 is 14.5 Å². The minimum atomic E-state index is -0.392. The average Bonchev–Trinajstić information content (AvgIpc) is 2.55. The van der Waals surface area contributed by atoms with E-state index in [4.69, 9.17) is 4.74 Å². The summed E-state index contributed by atoms with van der Waals surface area (Å²) in [6.45, 7) is 9.85. The topological polar surface area (TPSA) is 75.9 Å². The monoisotopic (exact) mass is 349 g/mol. The standard InChI is InChI=1S/C18H27N3O4/c1-5-25-17(22)20(18(2,3)4)15-10-12-19(13-11-15)14-6-8-16(9-7-14)21(23)24/h6-9,15H,5,10-13H2,1-4H3. The van der Waals surface area contributed by atoms with Crippen molar-refractivity contribution >= 4 is 17.5 Å². The Balaban J connectivity index is 2.04. The summed E-state index contributed by atoms with van der Waals surface area (Å²) >= 11 is 0. The van der Waals surface area contributed by atoms with E-state index in [2.05, 4.69) is 4.90 Å². The van der Waals surface area contributed by atoms with Crippen molar-refractivity contribution < 1.29 is 14.5 Å². The van der Waals surface area contributed by atoms with Crippen LogP contribution in [0, 0.1) is 10.1 Å². The van der Waals surface area contributed by atoms with Crippen molar-refractivity contribution in [2.45, 2.75) is 52.1 Å². The number of hydrogen-bond donors (Lipinski definition) is 0. The maximum absolute atomic E-state index is 12.4. The number of nitro groups is 1. The van der Waals surface area contributed by atoms with Gasteiger partial charge in [-0.05, 0) is 52.7 Å². The molecule has 0 unspecified atom stereocenters. The first kappa shape index (κ1) is 19.0. The van der Waals surface area contributed by atoms with E-state index in [-0.39, 0.29) is 23.4 Å². The maximum atomic E-state index is 12.4. The summed E-state index contributed by atoms with van der Waals surface area (Å²) in [7, 11) is 0. The molecule has 2 rings (SSSR count). The van der Waals surface area contributed by atoms with Gasteiger partial charge in [0, 0.05) is 42.5 Å². The van der Waals surface area contributed by atoms with Gasteiger partial charge in [0.1, 0.15) is 0 Å². The zero-order valence-corrected chi connectivity index (χ0v) is 15.4. The highest BCUT2D eigenvalue weighted by molar-refractivity contribution is 5.69. The number of carbonyl (C=O) groups excluding carboxylic acids is 1. The highest BCUT2D eigenvalue weighted by Crippen LogP contribution is 2.28. The van der Waals surface area contributed by atoms with Crippen LogP contribution in [-0.4, -0.2) is 47.2 Å². The summed E-state index contributed by atoms with van der Waals surface area (Å²) in [6, 6.07) is 6.76. The predicted molar refractivity (Wildman–Crippen MR) is 96.9 cm³/mol.